The summed E-state index contributed by atoms with van der Waals surface area (Å²) in [6.07, 6.45) is 5.66. The number of carbonyl (C=O) groups excluding carboxylic acids is 2. The highest BCUT2D eigenvalue weighted by Crippen LogP contribution is 2.25. The molecule has 0 unspecified atom stereocenters. The minimum Gasteiger partial charge on any atom is -0.484 e. The van der Waals surface area contributed by atoms with Crippen molar-refractivity contribution in [2.45, 2.75) is 39.0 Å². The second-order valence-electron chi connectivity index (χ2n) is 7.15. The van der Waals surface area contributed by atoms with E-state index in [2.05, 4.69) is 0 Å². The second kappa shape index (κ2) is 8.37. The molecule has 1 saturated carbocycles. The van der Waals surface area contributed by atoms with Crippen LogP contribution >= 0.6 is 0 Å². The Bertz CT molecular complexity index is 603. The lowest BCUT2D eigenvalue weighted by molar-refractivity contribution is -0.143. The van der Waals surface area contributed by atoms with E-state index in [9.17, 15) is 9.59 Å². The third-order valence-corrected chi connectivity index (χ3v) is 5.25. The molecule has 136 valence electrons. The van der Waals surface area contributed by atoms with Crippen LogP contribution in [0.15, 0.2) is 24.3 Å². The minimum atomic E-state index is -0.00808. The SMILES string of the molecule is Cc1cccc(OCC(=O)N2CCN(C(=O)C3CCCCC3)CC2)c1. The van der Waals surface area contributed by atoms with E-state index in [4.69, 9.17) is 4.74 Å². The van der Waals surface area contributed by atoms with Crippen molar-refractivity contribution >= 4 is 11.8 Å². The van der Waals surface area contributed by atoms with Crippen molar-refractivity contribution in [3.05, 3.63) is 29.8 Å². The summed E-state index contributed by atoms with van der Waals surface area (Å²) in [6.45, 7) is 4.55. The topological polar surface area (TPSA) is 49.9 Å². The minimum absolute atomic E-state index is 0.00808. The molecule has 5 heteroatoms. The molecule has 1 aromatic rings. The average molecular weight is 344 g/mol. The van der Waals surface area contributed by atoms with Gasteiger partial charge in [-0.3, -0.25) is 9.59 Å². The van der Waals surface area contributed by atoms with Crippen LogP contribution in [-0.2, 0) is 9.59 Å². The molecule has 0 spiro atoms. The van der Waals surface area contributed by atoms with E-state index in [0.29, 0.717) is 32.1 Å². The molecular formula is C20H28N2O3. The van der Waals surface area contributed by atoms with Crippen molar-refractivity contribution in [2.75, 3.05) is 32.8 Å². The number of carbonyl (C=O) groups is 2. The molecule has 0 bridgehead atoms. The number of piperazine rings is 1. The Morgan fingerprint density at radius 1 is 1.04 bits per heavy atom. The standard InChI is InChI=1S/C20H28N2O3/c1-16-6-5-9-18(14-16)25-15-19(23)21-10-12-22(13-11-21)20(24)17-7-3-2-4-8-17/h5-6,9,14,17H,2-4,7-8,10-13,15H2,1H3. The van der Waals surface area contributed by atoms with Crippen molar-refractivity contribution in [1.29, 1.82) is 0 Å². The lowest BCUT2D eigenvalue weighted by Gasteiger charge is -2.37. The van der Waals surface area contributed by atoms with Gasteiger partial charge in [0, 0.05) is 32.1 Å². The van der Waals surface area contributed by atoms with Crippen molar-refractivity contribution in [3.63, 3.8) is 0 Å². The lowest BCUT2D eigenvalue weighted by Crippen LogP contribution is -2.53. The Hall–Kier alpha value is -2.04. The monoisotopic (exact) mass is 344 g/mol. The zero-order valence-electron chi connectivity index (χ0n) is 15.1. The number of nitrogens with zero attached hydrogens (tertiary/aromatic N) is 2. The van der Waals surface area contributed by atoms with E-state index in [1.807, 2.05) is 36.1 Å². The Labute approximate surface area is 149 Å². The van der Waals surface area contributed by atoms with Crippen molar-refractivity contribution in [2.24, 2.45) is 5.92 Å². The van der Waals surface area contributed by atoms with Gasteiger partial charge in [0.15, 0.2) is 6.61 Å². The molecule has 1 aliphatic carbocycles. The Balaban J connectivity index is 1.43. The Kier molecular flexibility index (Phi) is 5.95. The van der Waals surface area contributed by atoms with Gasteiger partial charge in [-0.1, -0.05) is 31.4 Å². The molecule has 0 radical (unpaired) electrons. The first-order valence-electron chi connectivity index (χ1n) is 9.39. The summed E-state index contributed by atoms with van der Waals surface area (Å²) in [7, 11) is 0. The van der Waals surface area contributed by atoms with Gasteiger partial charge in [0.25, 0.3) is 5.91 Å². The zero-order chi connectivity index (χ0) is 17.6. The van der Waals surface area contributed by atoms with Gasteiger partial charge in [0.1, 0.15) is 5.75 Å². The molecule has 0 N–H and O–H groups in total. The molecule has 25 heavy (non-hydrogen) atoms. The predicted molar refractivity (Wildman–Crippen MR) is 96.4 cm³/mol. The summed E-state index contributed by atoms with van der Waals surface area (Å²) >= 11 is 0. The molecule has 0 aromatic heterocycles. The van der Waals surface area contributed by atoms with Crippen LogP contribution in [0.1, 0.15) is 37.7 Å². The van der Waals surface area contributed by atoms with Crippen LogP contribution in [0.25, 0.3) is 0 Å². The highest BCUT2D eigenvalue weighted by molar-refractivity contribution is 5.80. The molecule has 1 aromatic carbocycles. The summed E-state index contributed by atoms with van der Waals surface area (Å²) in [6, 6.07) is 7.71. The summed E-state index contributed by atoms with van der Waals surface area (Å²) < 4.78 is 5.60. The number of hydrogen-bond donors (Lipinski definition) is 0. The van der Waals surface area contributed by atoms with Crippen molar-refractivity contribution < 1.29 is 14.3 Å². The van der Waals surface area contributed by atoms with Gasteiger partial charge in [-0.15, -0.1) is 0 Å². The largest absolute Gasteiger partial charge is 0.484 e. The van der Waals surface area contributed by atoms with Crippen LogP contribution < -0.4 is 4.74 Å². The number of benzene rings is 1. The van der Waals surface area contributed by atoms with Gasteiger partial charge >= 0.3 is 0 Å². The number of hydrogen-bond acceptors (Lipinski definition) is 3. The molecule has 5 nitrogen and oxygen atoms in total. The van der Waals surface area contributed by atoms with Crippen LogP contribution in [0.3, 0.4) is 0 Å². The fourth-order valence-electron chi connectivity index (χ4n) is 3.73. The molecule has 0 atom stereocenters. The number of rotatable bonds is 4. The molecule has 1 saturated heterocycles. The van der Waals surface area contributed by atoms with Gasteiger partial charge in [0.2, 0.25) is 5.91 Å². The van der Waals surface area contributed by atoms with Crippen molar-refractivity contribution in [1.82, 2.24) is 9.80 Å². The lowest BCUT2D eigenvalue weighted by atomic mass is 9.88. The fraction of sp³-hybridized carbons (Fsp3) is 0.600. The van der Waals surface area contributed by atoms with Crippen molar-refractivity contribution in [3.8, 4) is 5.75 Å². The van der Waals surface area contributed by atoms with E-state index in [0.717, 1.165) is 24.2 Å². The van der Waals surface area contributed by atoms with Gasteiger partial charge in [-0.05, 0) is 37.5 Å². The maximum atomic E-state index is 12.6. The molecule has 3 rings (SSSR count). The van der Waals surface area contributed by atoms with Crippen LogP contribution in [0, 0.1) is 12.8 Å². The van der Waals surface area contributed by atoms with Gasteiger partial charge < -0.3 is 14.5 Å². The quantitative estimate of drug-likeness (QED) is 0.844. The highest BCUT2D eigenvalue weighted by Gasteiger charge is 2.29. The van der Waals surface area contributed by atoms with Crippen LogP contribution in [0.5, 0.6) is 5.75 Å². The normalized spacial score (nSPS) is 18.9. The Morgan fingerprint density at radius 2 is 1.72 bits per heavy atom. The zero-order valence-corrected chi connectivity index (χ0v) is 15.1. The molecule has 2 fully saturated rings. The average Bonchev–Trinajstić information content (AvgIpc) is 2.66. The molecule has 2 aliphatic rings. The summed E-state index contributed by atoms with van der Waals surface area (Å²) in [5.41, 5.74) is 1.11. The smallest absolute Gasteiger partial charge is 0.260 e. The maximum absolute atomic E-state index is 12.6. The molecule has 1 heterocycles. The number of aryl methyl sites for hydroxylation is 1. The van der Waals surface area contributed by atoms with Crippen LogP contribution in [0.2, 0.25) is 0 Å². The van der Waals surface area contributed by atoms with E-state index in [-0.39, 0.29) is 18.4 Å². The van der Waals surface area contributed by atoms with Crippen LogP contribution in [0.4, 0.5) is 0 Å². The maximum Gasteiger partial charge on any atom is 0.260 e. The number of amides is 2. The van der Waals surface area contributed by atoms with Gasteiger partial charge in [0.05, 0.1) is 0 Å². The van der Waals surface area contributed by atoms with Gasteiger partial charge in [-0.25, -0.2) is 0 Å². The van der Waals surface area contributed by atoms with E-state index in [1.165, 1.54) is 19.3 Å². The third-order valence-electron chi connectivity index (χ3n) is 5.25. The summed E-state index contributed by atoms with van der Waals surface area (Å²) in [5.74, 6) is 1.22. The second-order valence-corrected chi connectivity index (χ2v) is 7.15. The highest BCUT2D eigenvalue weighted by atomic mass is 16.5. The Morgan fingerprint density at radius 3 is 2.40 bits per heavy atom. The molecular weight excluding hydrogens is 316 g/mol. The van der Waals surface area contributed by atoms with E-state index < -0.39 is 0 Å². The fourth-order valence-corrected chi connectivity index (χ4v) is 3.73. The van der Waals surface area contributed by atoms with E-state index >= 15 is 0 Å². The number of ether oxygens (including phenoxy) is 1. The summed E-state index contributed by atoms with van der Waals surface area (Å²) in [5, 5.41) is 0. The first-order chi connectivity index (χ1) is 12.1. The summed E-state index contributed by atoms with van der Waals surface area (Å²) in [4.78, 5) is 28.7. The van der Waals surface area contributed by atoms with E-state index in [1.54, 1.807) is 4.90 Å². The first kappa shape index (κ1) is 17.8. The predicted octanol–water partition coefficient (Wildman–Crippen LogP) is 2.62. The van der Waals surface area contributed by atoms with Gasteiger partial charge in [-0.2, -0.15) is 0 Å². The first-order valence-corrected chi connectivity index (χ1v) is 9.39. The van der Waals surface area contributed by atoms with Crippen LogP contribution in [-0.4, -0.2) is 54.4 Å². The third kappa shape index (κ3) is 4.74. The molecule has 2 amide bonds. The molecule has 1 aliphatic heterocycles.